The molecular formula is C10H14NO2PS. The number of hydrogen-bond donors (Lipinski definition) is 0. The number of hydrogen-bond acceptors (Lipinski definition) is 4. The predicted molar refractivity (Wildman–Crippen MR) is 65.8 cm³/mol. The van der Waals surface area contributed by atoms with Crippen LogP contribution in [0, 0.1) is 6.92 Å². The van der Waals surface area contributed by atoms with Gasteiger partial charge in [-0.3, -0.25) is 0 Å². The number of carbonyl (C=O) groups excluding carboxylic acids is 1. The van der Waals surface area contributed by atoms with Crippen LogP contribution < -0.4 is 0 Å². The normalized spacial score (nSPS) is 13.9. The van der Waals surface area contributed by atoms with Crippen molar-refractivity contribution in [2.24, 2.45) is 0 Å². The number of aldehydes is 1. The van der Waals surface area contributed by atoms with Crippen LogP contribution in [0.4, 0.5) is 0 Å². The molecule has 0 aliphatic rings. The van der Waals surface area contributed by atoms with Crippen LogP contribution in [-0.2, 0) is 9.32 Å². The summed E-state index contributed by atoms with van der Waals surface area (Å²) in [6.07, 6.45) is 3.00. The summed E-state index contributed by atoms with van der Waals surface area (Å²) in [5.41, 5.74) is 1.93. The summed E-state index contributed by atoms with van der Waals surface area (Å²) >= 11 is 1.61. The lowest BCUT2D eigenvalue weighted by Gasteiger charge is -2.11. The number of nitrogens with zero attached hydrogens (tertiary/aromatic N) is 1. The van der Waals surface area contributed by atoms with E-state index < -0.39 is 0 Å². The first-order chi connectivity index (χ1) is 7.17. The Balaban J connectivity index is 2.76. The van der Waals surface area contributed by atoms with Crippen LogP contribution in [0.1, 0.15) is 24.0 Å². The van der Waals surface area contributed by atoms with Crippen molar-refractivity contribution in [3.8, 4) is 0 Å². The van der Waals surface area contributed by atoms with E-state index in [0.29, 0.717) is 6.42 Å². The largest absolute Gasteiger partial charge is 0.358 e. The Morgan fingerprint density at radius 1 is 1.80 bits per heavy atom. The second kappa shape index (κ2) is 6.11. The molecule has 1 aromatic rings. The van der Waals surface area contributed by atoms with Gasteiger partial charge >= 0.3 is 0 Å². The molecule has 1 aromatic heterocycles. The smallest absolute Gasteiger partial charge is 0.122 e. The van der Waals surface area contributed by atoms with E-state index in [0.717, 1.165) is 22.6 Å². The van der Waals surface area contributed by atoms with Gasteiger partial charge in [0.15, 0.2) is 0 Å². The van der Waals surface area contributed by atoms with Crippen LogP contribution in [0.25, 0.3) is 6.08 Å². The summed E-state index contributed by atoms with van der Waals surface area (Å²) in [5.74, 6) is 0. The Hall–Kier alpha value is -0.570. The number of thiazole rings is 1. The van der Waals surface area contributed by atoms with Crippen LogP contribution in [0.5, 0.6) is 0 Å². The van der Waals surface area contributed by atoms with Gasteiger partial charge in [-0.1, -0.05) is 0 Å². The van der Waals surface area contributed by atoms with E-state index >= 15 is 0 Å². The topological polar surface area (TPSA) is 39.2 Å². The minimum Gasteiger partial charge on any atom is -0.358 e. The number of aryl methyl sites for hydroxylation is 1. The summed E-state index contributed by atoms with van der Waals surface area (Å²) in [4.78, 5) is 14.7. The first-order valence-electron chi connectivity index (χ1n) is 4.57. The third kappa shape index (κ3) is 3.82. The molecule has 0 aliphatic carbocycles. The van der Waals surface area contributed by atoms with Crippen LogP contribution in [0.15, 0.2) is 11.0 Å². The Bertz CT molecular complexity index is 362. The van der Waals surface area contributed by atoms with Crippen molar-refractivity contribution in [2.45, 2.75) is 26.4 Å². The minimum atomic E-state index is -0.172. The van der Waals surface area contributed by atoms with Gasteiger partial charge in [0.1, 0.15) is 6.29 Å². The molecule has 0 aliphatic heterocycles. The molecule has 3 nitrogen and oxygen atoms in total. The summed E-state index contributed by atoms with van der Waals surface area (Å²) in [6.45, 7) is 3.90. The fourth-order valence-electron chi connectivity index (χ4n) is 1.21. The molecule has 5 heteroatoms. The molecule has 0 aromatic carbocycles. The maximum atomic E-state index is 10.4. The van der Waals surface area contributed by atoms with Crippen LogP contribution in [-0.4, -0.2) is 17.4 Å². The predicted octanol–water partition coefficient (Wildman–Crippen LogP) is 2.62. The molecule has 2 atom stereocenters. The first kappa shape index (κ1) is 12.5. The zero-order chi connectivity index (χ0) is 11.3. The van der Waals surface area contributed by atoms with Gasteiger partial charge in [0.25, 0.3) is 0 Å². The van der Waals surface area contributed by atoms with Crippen LogP contribution in [0.2, 0.25) is 0 Å². The zero-order valence-corrected chi connectivity index (χ0v) is 10.7. The van der Waals surface area contributed by atoms with Gasteiger partial charge in [0.2, 0.25) is 0 Å². The van der Waals surface area contributed by atoms with Gasteiger partial charge in [0, 0.05) is 21.3 Å². The standard InChI is InChI=1S/C10H14NO2PS/c1-7(10(13-14)3-4-12)5-9-6-15-8(2)11-9/h4-6,10H,3,14H2,1-2H3. The third-order valence-electron chi connectivity index (χ3n) is 1.99. The fraction of sp³-hybridized carbons (Fsp3) is 0.400. The van der Waals surface area contributed by atoms with Crippen LogP contribution >= 0.6 is 20.8 Å². The Labute approximate surface area is 95.8 Å². The molecule has 82 valence electrons. The average molecular weight is 243 g/mol. The summed E-state index contributed by atoms with van der Waals surface area (Å²) in [5, 5.41) is 3.02. The highest BCUT2D eigenvalue weighted by atomic mass is 32.1. The van der Waals surface area contributed by atoms with Gasteiger partial charge in [-0.15, -0.1) is 11.3 Å². The van der Waals surface area contributed by atoms with Crippen molar-refractivity contribution in [3.05, 3.63) is 21.7 Å². The lowest BCUT2D eigenvalue weighted by Crippen LogP contribution is -2.09. The molecule has 0 saturated heterocycles. The van der Waals surface area contributed by atoms with Crippen molar-refractivity contribution in [1.29, 1.82) is 0 Å². The van der Waals surface area contributed by atoms with Gasteiger partial charge in [-0.2, -0.15) is 0 Å². The highest BCUT2D eigenvalue weighted by Gasteiger charge is 2.09. The molecule has 0 fully saturated rings. The highest BCUT2D eigenvalue weighted by molar-refractivity contribution is 7.10. The van der Waals surface area contributed by atoms with E-state index in [4.69, 9.17) is 4.52 Å². The van der Waals surface area contributed by atoms with Crippen molar-refractivity contribution in [2.75, 3.05) is 0 Å². The van der Waals surface area contributed by atoms with E-state index in [1.54, 1.807) is 11.3 Å². The molecule has 1 rings (SSSR count). The van der Waals surface area contributed by atoms with Crippen molar-refractivity contribution in [3.63, 3.8) is 0 Å². The van der Waals surface area contributed by atoms with Crippen molar-refractivity contribution in [1.82, 2.24) is 4.98 Å². The molecule has 1 heterocycles. The molecule has 0 saturated carbocycles. The Kier molecular flexibility index (Phi) is 5.09. The Morgan fingerprint density at radius 3 is 3.00 bits per heavy atom. The quantitative estimate of drug-likeness (QED) is 0.589. The number of rotatable bonds is 5. The van der Waals surface area contributed by atoms with E-state index in [1.165, 1.54) is 0 Å². The molecule has 15 heavy (non-hydrogen) atoms. The molecular weight excluding hydrogens is 229 g/mol. The molecule has 0 spiro atoms. The maximum absolute atomic E-state index is 10.4. The monoisotopic (exact) mass is 243 g/mol. The van der Waals surface area contributed by atoms with E-state index in [1.807, 2.05) is 25.3 Å². The minimum absolute atomic E-state index is 0.172. The van der Waals surface area contributed by atoms with Gasteiger partial charge in [0.05, 0.1) is 16.8 Å². The highest BCUT2D eigenvalue weighted by Crippen LogP contribution is 2.17. The lowest BCUT2D eigenvalue weighted by atomic mass is 10.1. The van der Waals surface area contributed by atoms with E-state index in [2.05, 4.69) is 14.5 Å². The van der Waals surface area contributed by atoms with Crippen LogP contribution in [0.3, 0.4) is 0 Å². The summed E-state index contributed by atoms with van der Waals surface area (Å²) in [7, 11) is 2.19. The Morgan fingerprint density at radius 2 is 2.53 bits per heavy atom. The summed E-state index contributed by atoms with van der Waals surface area (Å²) < 4.78 is 5.12. The van der Waals surface area contributed by atoms with E-state index in [9.17, 15) is 4.79 Å². The van der Waals surface area contributed by atoms with Crippen molar-refractivity contribution < 1.29 is 9.32 Å². The summed E-state index contributed by atoms with van der Waals surface area (Å²) in [6, 6.07) is 0. The second-order valence-electron chi connectivity index (χ2n) is 3.21. The second-order valence-corrected chi connectivity index (χ2v) is 4.54. The lowest BCUT2D eigenvalue weighted by molar-refractivity contribution is -0.108. The SMILES string of the molecule is CC(=Cc1csc(C)n1)C(CC=O)OP. The van der Waals surface area contributed by atoms with E-state index in [-0.39, 0.29) is 6.10 Å². The van der Waals surface area contributed by atoms with Gasteiger partial charge < -0.3 is 9.32 Å². The van der Waals surface area contributed by atoms with Crippen molar-refractivity contribution >= 4 is 33.2 Å². The zero-order valence-electron chi connectivity index (χ0n) is 8.77. The molecule has 0 amide bonds. The fourth-order valence-corrected chi connectivity index (χ4v) is 2.10. The van der Waals surface area contributed by atoms with Gasteiger partial charge in [-0.05, 0) is 25.5 Å². The third-order valence-corrected chi connectivity index (χ3v) is 3.12. The molecule has 0 radical (unpaired) electrons. The maximum Gasteiger partial charge on any atom is 0.122 e. The number of carbonyl (C=O) groups is 1. The van der Waals surface area contributed by atoms with Gasteiger partial charge in [-0.25, -0.2) is 4.98 Å². The number of aromatic nitrogens is 1. The molecule has 0 N–H and O–H groups in total. The average Bonchev–Trinajstić information content (AvgIpc) is 2.60. The first-order valence-corrected chi connectivity index (χ1v) is 5.92. The molecule has 2 unspecified atom stereocenters. The molecule has 0 bridgehead atoms.